The molecule has 0 aliphatic rings. The zero-order chi connectivity index (χ0) is 15.4. The molecule has 2 aromatic carbocycles. The van der Waals surface area contributed by atoms with E-state index in [0.29, 0.717) is 23.0 Å². The number of aromatic nitrogens is 3. The van der Waals surface area contributed by atoms with Crippen LogP contribution in [0.3, 0.4) is 0 Å². The second-order valence-electron chi connectivity index (χ2n) is 4.49. The van der Waals surface area contributed by atoms with Crippen LogP contribution in [0.1, 0.15) is 5.56 Å². The number of benzene rings is 2. The first-order valence-electron chi connectivity index (χ1n) is 6.59. The first-order chi connectivity index (χ1) is 10.8. The smallest absolute Gasteiger partial charge is 0.232 e. The quantitative estimate of drug-likeness (QED) is 0.768. The molecule has 0 spiro atoms. The van der Waals surface area contributed by atoms with Gasteiger partial charge in [-0.25, -0.2) is 0 Å². The number of nitrogens with one attached hydrogen (secondary N) is 1. The molecule has 22 heavy (non-hydrogen) atoms. The fraction of sp³-hybridized carbons (Fsp3) is 0. The molecule has 0 aliphatic carbocycles. The highest BCUT2D eigenvalue weighted by molar-refractivity contribution is 5.65. The number of hydrogen-bond donors (Lipinski definition) is 2. The van der Waals surface area contributed by atoms with E-state index in [1.807, 2.05) is 36.4 Å². The Balaban J connectivity index is 1.99. The molecular formula is C16H12N6. The second kappa shape index (κ2) is 5.89. The van der Waals surface area contributed by atoms with E-state index in [0.717, 1.165) is 5.56 Å². The van der Waals surface area contributed by atoms with Gasteiger partial charge in [0, 0.05) is 5.56 Å². The van der Waals surface area contributed by atoms with E-state index in [2.05, 4.69) is 26.3 Å². The number of nitriles is 1. The Bertz CT molecular complexity index is 839. The summed E-state index contributed by atoms with van der Waals surface area (Å²) in [5.41, 5.74) is 7.72. The van der Waals surface area contributed by atoms with Crippen molar-refractivity contribution in [2.24, 2.45) is 0 Å². The lowest BCUT2D eigenvalue weighted by atomic mass is 10.2. The highest BCUT2D eigenvalue weighted by Gasteiger charge is 2.08. The van der Waals surface area contributed by atoms with Crippen LogP contribution < -0.4 is 11.1 Å². The van der Waals surface area contributed by atoms with Crippen LogP contribution in [0.4, 0.5) is 17.6 Å². The summed E-state index contributed by atoms with van der Waals surface area (Å²) in [7, 11) is 0. The molecule has 6 nitrogen and oxygen atoms in total. The Morgan fingerprint density at radius 1 is 0.909 bits per heavy atom. The lowest BCUT2D eigenvalue weighted by Gasteiger charge is -2.08. The Kier molecular flexibility index (Phi) is 3.62. The molecule has 0 fully saturated rings. The molecule has 3 aromatic rings. The molecule has 3 rings (SSSR count). The molecule has 0 radical (unpaired) electrons. The standard InChI is InChI=1S/C16H12N6/c17-10-12-8-4-5-9-13(12)19-16-21-14(20-15(18)22-16)11-6-2-1-3-7-11/h1-9H,(H3,18,19,20,21,22). The van der Waals surface area contributed by atoms with E-state index in [9.17, 15) is 0 Å². The van der Waals surface area contributed by atoms with Gasteiger partial charge >= 0.3 is 0 Å². The van der Waals surface area contributed by atoms with Gasteiger partial charge in [-0.3, -0.25) is 0 Å². The van der Waals surface area contributed by atoms with E-state index in [1.165, 1.54) is 0 Å². The fourth-order valence-electron chi connectivity index (χ4n) is 1.97. The van der Waals surface area contributed by atoms with E-state index in [1.54, 1.807) is 18.2 Å². The number of anilines is 3. The van der Waals surface area contributed by atoms with Crippen molar-refractivity contribution in [1.82, 2.24) is 15.0 Å². The predicted molar refractivity (Wildman–Crippen MR) is 84.1 cm³/mol. The minimum absolute atomic E-state index is 0.116. The van der Waals surface area contributed by atoms with Crippen LogP contribution in [0, 0.1) is 11.3 Å². The molecule has 106 valence electrons. The largest absolute Gasteiger partial charge is 0.368 e. The molecule has 6 heteroatoms. The molecule has 3 N–H and O–H groups in total. The number of hydrogen-bond acceptors (Lipinski definition) is 6. The number of nitrogens with two attached hydrogens (primary N) is 1. The second-order valence-corrected chi connectivity index (χ2v) is 4.49. The molecule has 0 aliphatic heterocycles. The third-order valence-electron chi connectivity index (χ3n) is 2.98. The van der Waals surface area contributed by atoms with Gasteiger partial charge in [0.05, 0.1) is 11.3 Å². The molecule has 0 bridgehead atoms. The molecule has 0 saturated carbocycles. The van der Waals surface area contributed by atoms with Crippen LogP contribution in [-0.2, 0) is 0 Å². The summed E-state index contributed by atoms with van der Waals surface area (Å²) in [4.78, 5) is 12.6. The maximum Gasteiger partial charge on any atom is 0.232 e. The summed E-state index contributed by atoms with van der Waals surface area (Å²) in [6, 6.07) is 18.7. The SMILES string of the molecule is N#Cc1ccccc1Nc1nc(N)nc(-c2ccccc2)n1. The average Bonchev–Trinajstić information content (AvgIpc) is 2.56. The Labute approximate surface area is 127 Å². The van der Waals surface area contributed by atoms with Crippen LogP contribution in [0.2, 0.25) is 0 Å². The molecule has 1 aromatic heterocycles. The van der Waals surface area contributed by atoms with E-state index < -0.39 is 0 Å². The van der Waals surface area contributed by atoms with Gasteiger partial charge in [0.2, 0.25) is 11.9 Å². The van der Waals surface area contributed by atoms with Crippen LogP contribution in [0.15, 0.2) is 54.6 Å². The van der Waals surface area contributed by atoms with Crippen LogP contribution in [0.25, 0.3) is 11.4 Å². The Morgan fingerprint density at radius 3 is 2.41 bits per heavy atom. The molecule has 0 saturated heterocycles. The summed E-state index contributed by atoms with van der Waals surface area (Å²) >= 11 is 0. The van der Waals surface area contributed by atoms with Crippen LogP contribution >= 0.6 is 0 Å². The van der Waals surface area contributed by atoms with Gasteiger partial charge in [0.1, 0.15) is 6.07 Å². The first kappa shape index (κ1) is 13.5. The summed E-state index contributed by atoms with van der Waals surface area (Å²) in [5, 5.41) is 12.1. The molecule has 0 unspecified atom stereocenters. The van der Waals surface area contributed by atoms with Crippen molar-refractivity contribution < 1.29 is 0 Å². The fourth-order valence-corrected chi connectivity index (χ4v) is 1.97. The zero-order valence-corrected chi connectivity index (χ0v) is 11.6. The first-order valence-corrected chi connectivity index (χ1v) is 6.59. The zero-order valence-electron chi connectivity index (χ0n) is 11.6. The summed E-state index contributed by atoms with van der Waals surface area (Å²) in [6.07, 6.45) is 0. The van der Waals surface area contributed by atoms with Crippen molar-refractivity contribution in [3.8, 4) is 17.5 Å². The predicted octanol–water partition coefficient (Wildman–Crippen LogP) is 2.74. The van der Waals surface area contributed by atoms with Gasteiger partial charge in [-0.2, -0.15) is 20.2 Å². The number of nitrogens with zero attached hydrogens (tertiary/aromatic N) is 4. The van der Waals surface area contributed by atoms with Crippen molar-refractivity contribution >= 4 is 17.6 Å². The molecule has 0 amide bonds. The highest BCUT2D eigenvalue weighted by atomic mass is 15.2. The van der Waals surface area contributed by atoms with Crippen LogP contribution in [0.5, 0.6) is 0 Å². The summed E-state index contributed by atoms with van der Waals surface area (Å²) in [5.74, 6) is 0.893. The summed E-state index contributed by atoms with van der Waals surface area (Å²) < 4.78 is 0. The number of nitrogen functional groups attached to an aromatic ring is 1. The Hall–Kier alpha value is -3.46. The third-order valence-corrected chi connectivity index (χ3v) is 2.98. The normalized spacial score (nSPS) is 9.95. The van der Waals surface area contributed by atoms with E-state index in [-0.39, 0.29) is 5.95 Å². The molecule has 0 atom stereocenters. The van der Waals surface area contributed by atoms with Crippen molar-refractivity contribution in [2.45, 2.75) is 0 Å². The van der Waals surface area contributed by atoms with Gasteiger partial charge in [-0.1, -0.05) is 42.5 Å². The maximum atomic E-state index is 9.12. The van der Waals surface area contributed by atoms with Crippen molar-refractivity contribution in [1.29, 1.82) is 5.26 Å². The number of para-hydroxylation sites is 1. The van der Waals surface area contributed by atoms with Gasteiger partial charge < -0.3 is 11.1 Å². The number of rotatable bonds is 3. The van der Waals surface area contributed by atoms with Gasteiger partial charge in [0.25, 0.3) is 0 Å². The van der Waals surface area contributed by atoms with E-state index >= 15 is 0 Å². The lowest BCUT2D eigenvalue weighted by Crippen LogP contribution is -2.05. The monoisotopic (exact) mass is 288 g/mol. The minimum Gasteiger partial charge on any atom is -0.368 e. The maximum absolute atomic E-state index is 9.12. The average molecular weight is 288 g/mol. The molecule has 1 heterocycles. The van der Waals surface area contributed by atoms with Crippen LogP contribution in [-0.4, -0.2) is 15.0 Å². The lowest BCUT2D eigenvalue weighted by molar-refractivity contribution is 1.08. The van der Waals surface area contributed by atoms with Gasteiger partial charge in [-0.05, 0) is 12.1 Å². The van der Waals surface area contributed by atoms with Gasteiger partial charge in [0.15, 0.2) is 5.82 Å². The topological polar surface area (TPSA) is 101 Å². The van der Waals surface area contributed by atoms with E-state index in [4.69, 9.17) is 11.0 Å². The Morgan fingerprint density at radius 2 is 1.64 bits per heavy atom. The molecular weight excluding hydrogens is 276 g/mol. The summed E-state index contributed by atoms with van der Waals surface area (Å²) in [6.45, 7) is 0. The van der Waals surface area contributed by atoms with Crippen molar-refractivity contribution in [3.63, 3.8) is 0 Å². The van der Waals surface area contributed by atoms with Crippen molar-refractivity contribution in [3.05, 3.63) is 60.2 Å². The van der Waals surface area contributed by atoms with Gasteiger partial charge in [-0.15, -0.1) is 0 Å². The third kappa shape index (κ3) is 2.83. The van der Waals surface area contributed by atoms with Crippen molar-refractivity contribution in [2.75, 3.05) is 11.1 Å². The highest BCUT2D eigenvalue weighted by Crippen LogP contribution is 2.21. The minimum atomic E-state index is 0.116.